The van der Waals surface area contributed by atoms with Crippen molar-refractivity contribution in [1.29, 1.82) is 0 Å². The summed E-state index contributed by atoms with van der Waals surface area (Å²) in [4.78, 5) is 31.7. The van der Waals surface area contributed by atoms with E-state index in [-0.39, 0.29) is 12.0 Å². The SMILES string of the molecule is COc1cccc(C(=O)N2CCOC(c3cncc(Nc4ncccn4)n3)C2)c1. The molecule has 148 valence electrons. The van der Waals surface area contributed by atoms with Gasteiger partial charge in [0, 0.05) is 24.5 Å². The molecule has 3 heterocycles. The first-order valence-corrected chi connectivity index (χ1v) is 9.14. The zero-order valence-corrected chi connectivity index (χ0v) is 15.9. The van der Waals surface area contributed by atoms with Gasteiger partial charge in [0.25, 0.3) is 5.91 Å². The van der Waals surface area contributed by atoms with Gasteiger partial charge in [-0.15, -0.1) is 0 Å². The molecule has 0 aliphatic carbocycles. The van der Waals surface area contributed by atoms with Crippen LogP contribution in [0.5, 0.6) is 5.75 Å². The van der Waals surface area contributed by atoms with E-state index in [4.69, 9.17) is 9.47 Å². The Morgan fingerprint density at radius 1 is 1.24 bits per heavy atom. The van der Waals surface area contributed by atoms with Gasteiger partial charge in [-0.25, -0.2) is 15.0 Å². The van der Waals surface area contributed by atoms with Gasteiger partial charge in [-0.3, -0.25) is 9.78 Å². The smallest absolute Gasteiger partial charge is 0.254 e. The predicted octanol–water partition coefficient (Wildman–Crippen LogP) is 2.23. The predicted molar refractivity (Wildman–Crippen MR) is 105 cm³/mol. The molecule has 1 amide bonds. The highest BCUT2D eigenvalue weighted by Gasteiger charge is 2.27. The number of carbonyl (C=O) groups excluding carboxylic acids is 1. The summed E-state index contributed by atoms with van der Waals surface area (Å²) in [5.41, 5.74) is 1.21. The Labute approximate surface area is 167 Å². The molecule has 4 rings (SSSR count). The lowest BCUT2D eigenvalue weighted by Gasteiger charge is -2.32. The van der Waals surface area contributed by atoms with Gasteiger partial charge in [-0.1, -0.05) is 6.07 Å². The fraction of sp³-hybridized carbons (Fsp3) is 0.250. The van der Waals surface area contributed by atoms with E-state index in [2.05, 4.69) is 25.3 Å². The highest BCUT2D eigenvalue weighted by atomic mass is 16.5. The van der Waals surface area contributed by atoms with Crippen LogP contribution in [0.4, 0.5) is 11.8 Å². The molecule has 2 aromatic heterocycles. The maximum atomic E-state index is 12.9. The van der Waals surface area contributed by atoms with E-state index in [0.717, 1.165) is 0 Å². The molecule has 1 aliphatic heterocycles. The van der Waals surface area contributed by atoms with Gasteiger partial charge < -0.3 is 19.7 Å². The van der Waals surface area contributed by atoms with Crippen molar-refractivity contribution in [2.24, 2.45) is 0 Å². The summed E-state index contributed by atoms with van der Waals surface area (Å²) in [5.74, 6) is 1.51. The molecule has 1 aromatic carbocycles. The minimum Gasteiger partial charge on any atom is -0.497 e. The molecule has 0 radical (unpaired) electrons. The fourth-order valence-electron chi connectivity index (χ4n) is 3.03. The van der Waals surface area contributed by atoms with Gasteiger partial charge in [0.2, 0.25) is 5.95 Å². The molecule has 3 aromatic rings. The van der Waals surface area contributed by atoms with E-state index >= 15 is 0 Å². The second-order valence-electron chi connectivity index (χ2n) is 6.37. The van der Waals surface area contributed by atoms with Crippen LogP contribution in [0.2, 0.25) is 0 Å². The summed E-state index contributed by atoms with van der Waals surface area (Å²) in [6.45, 7) is 1.31. The number of benzene rings is 1. The van der Waals surface area contributed by atoms with Crippen molar-refractivity contribution in [3.8, 4) is 5.75 Å². The van der Waals surface area contributed by atoms with Crippen LogP contribution in [-0.4, -0.2) is 57.5 Å². The Kier molecular flexibility index (Phi) is 5.57. The number of methoxy groups -OCH3 is 1. The summed E-state index contributed by atoms with van der Waals surface area (Å²) in [5, 5.41) is 3.01. The normalized spacial score (nSPS) is 16.3. The topological polar surface area (TPSA) is 102 Å². The van der Waals surface area contributed by atoms with Crippen LogP contribution in [-0.2, 0) is 4.74 Å². The number of amides is 1. The largest absolute Gasteiger partial charge is 0.497 e. The zero-order valence-electron chi connectivity index (χ0n) is 15.9. The molecule has 1 atom stereocenters. The minimum atomic E-state index is -0.371. The van der Waals surface area contributed by atoms with Crippen molar-refractivity contribution in [2.45, 2.75) is 6.10 Å². The lowest BCUT2D eigenvalue weighted by Crippen LogP contribution is -2.42. The van der Waals surface area contributed by atoms with E-state index in [0.29, 0.717) is 48.5 Å². The summed E-state index contributed by atoms with van der Waals surface area (Å²) in [7, 11) is 1.58. The molecular weight excluding hydrogens is 372 g/mol. The molecule has 9 heteroatoms. The van der Waals surface area contributed by atoms with E-state index in [1.807, 2.05) is 6.07 Å². The summed E-state index contributed by atoms with van der Waals surface area (Å²) >= 11 is 0. The minimum absolute atomic E-state index is 0.0721. The van der Waals surface area contributed by atoms with Crippen molar-refractivity contribution in [1.82, 2.24) is 24.8 Å². The van der Waals surface area contributed by atoms with Gasteiger partial charge in [0.1, 0.15) is 11.9 Å². The Bertz CT molecular complexity index is 985. The Morgan fingerprint density at radius 3 is 2.93 bits per heavy atom. The van der Waals surface area contributed by atoms with Crippen LogP contribution >= 0.6 is 0 Å². The summed E-state index contributed by atoms with van der Waals surface area (Å²) in [6.07, 6.45) is 6.13. The molecule has 0 bridgehead atoms. The molecule has 29 heavy (non-hydrogen) atoms. The van der Waals surface area contributed by atoms with Crippen molar-refractivity contribution in [2.75, 3.05) is 32.1 Å². The van der Waals surface area contributed by atoms with Crippen molar-refractivity contribution < 1.29 is 14.3 Å². The third-order valence-corrected chi connectivity index (χ3v) is 4.46. The number of aromatic nitrogens is 4. The van der Waals surface area contributed by atoms with E-state index in [1.165, 1.54) is 0 Å². The number of rotatable bonds is 5. The average molecular weight is 392 g/mol. The number of hydrogen-bond acceptors (Lipinski definition) is 8. The Balaban J connectivity index is 1.48. The third kappa shape index (κ3) is 4.46. The summed E-state index contributed by atoms with van der Waals surface area (Å²) in [6, 6.07) is 8.85. The van der Waals surface area contributed by atoms with Gasteiger partial charge in [0.05, 0.1) is 38.3 Å². The van der Waals surface area contributed by atoms with E-state index in [1.54, 1.807) is 61.1 Å². The molecule has 1 unspecified atom stereocenters. The van der Waals surface area contributed by atoms with E-state index < -0.39 is 0 Å². The van der Waals surface area contributed by atoms with Crippen LogP contribution in [0.25, 0.3) is 0 Å². The number of ether oxygens (including phenoxy) is 2. The average Bonchev–Trinajstić information content (AvgIpc) is 2.79. The number of nitrogens with one attached hydrogen (secondary N) is 1. The first kappa shape index (κ1) is 18.8. The first-order chi connectivity index (χ1) is 14.2. The van der Waals surface area contributed by atoms with Gasteiger partial charge in [-0.2, -0.15) is 0 Å². The van der Waals surface area contributed by atoms with Crippen LogP contribution < -0.4 is 10.1 Å². The quantitative estimate of drug-likeness (QED) is 0.705. The second-order valence-corrected chi connectivity index (χ2v) is 6.37. The molecule has 1 N–H and O–H groups in total. The van der Waals surface area contributed by atoms with Gasteiger partial charge in [-0.05, 0) is 24.3 Å². The maximum absolute atomic E-state index is 12.9. The number of carbonyl (C=O) groups is 1. The molecule has 1 aliphatic rings. The van der Waals surface area contributed by atoms with Crippen LogP contribution in [0.15, 0.2) is 55.1 Å². The van der Waals surface area contributed by atoms with Crippen LogP contribution in [0.3, 0.4) is 0 Å². The molecule has 1 fully saturated rings. The van der Waals surface area contributed by atoms with Gasteiger partial charge >= 0.3 is 0 Å². The lowest BCUT2D eigenvalue weighted by molar-refractivity contribution is -0.0248. The second kappa shape index (κ2) is 8.61. The molecule has 0 saturated carbocycles. The highest BCUT2D eigenvalue weighted by molar-refractivity contribution is 5.94. The van der Waals surface area contributed by atoms with Crippen molar-refractivity contribution >= 4 is 17.7 Å². The van der Waals surface area contributed by atoms with Crippen molar-refractivity contribution in [3.63, 3.8) is 0 Å². The fourth-order valence-corrected chi connectivity index (χ4v) is 3.03. The number of hydrogen-bond donors (Lipinski definition) is 1. The Hall–Kier alpha value is -3.59. The number of anilines is 2. The summed E-state index contributed by atoms with van der Waals surface area (Å²) < 4.78 is 11.1. The van der Waals surface area contributed by atoms with Crippen LogP contribution in [0, 0.1) is 0 Å². The molecule has 0 spiro atoms. The van der Waals surface area contributed by atoms with Crippen molar-refractivity contribution in [3.05, 3.63) is 66.4 Å². The van der Waals surface area contributed by atoms with Crippen LogP contribution in [0.1, 0.15) is 22.2 Å². The molecular formula is C20H20N6O3. The highest BCUT2D eigenvalue weighted by Crippen LogP contribution is 2.23. The number of nitrogens with zero attached hydrogens (tertiary/aromatic N) is 5. The standard InChI is InChI=1S/C20H20N6O3/c1-28-15-5-2-4-14(10-15)19(27)26-8-9-29-17(13-26)16-11-21-12-18(24-16)25-20-22-6-3-7-23-20/h2-7,10-12,17H,8-9,13H2,1H3,(H,22,23,24,25). The monoisotopic (exact) mass is 392 g/mol. The zero-order chi connectivity index (χ0) is 20.1. The molecule has 9 nitrogen and oxygen atoms in total. The lowest BCUT2D eigenvalue weighted by atomic mass is 10.1. The number of morpholine rings is 1. The third-order valence-electron chi connectivity index (χ3n) is 4.46. The maximum Gasteiger partial charge on any atom is 0.254 e. The first-order valence-electron chi connectivity index (χ1n) is 9.14. The van der Waals surface area contributed by atoms with E-state index in [9.17, 15) is 4.79 Å². The van der Waals surface area contributed by atoms with Gasteiger partial charge in [0.15, 0.2) is 5.82 Å². The molecule has 1 saturated heterocycles. The Morgan fingerprint density at radius 2 is 2.10 bits per heavy atom.